The highest BCUT2D eigenvalue weighted by Crippen LogP contribution is 2.47. The number of carboxylic acid groups (broad SMARTS) is 1. The number of aryl methyl sites for hydroxylation is 2. The van der Waals surface area contributed by atoms with Crippen molar-refractivity contribution < 1.29 is 69.9 Å². The van der Waals surface area contributed by atoms with Crippen molar-refractivity contribution in [2.24, 2.45) is 54.3 Å². The van der Waals surface area contributed by atoms with Crippen molar-refractivity contribution in [2.75, 3.05) is 13.1 Å². The molecule has 2 aromatic heterocycles. The summed E-state index contributed by atoms with van der Waals surface area (Å²) in [5, 5.41) is 23.7. The first-order valence-corrected chi connectivity index (χ1v) is 37.1. The van der Waals surface area contributed by atoms with Crippen LogP contribution in [0.1, 0.15) is 152 Å². The van der Waals surface area contributed by atoms with E-state index < -0.39 is 142 Å². The number of nitrogens with zero attached hydrogens (tertiary/aromatic N) is 4. The number of nitrogens with two attached hydrogens (primary N) is 1. The van der Waals surface area contributed by atoms with Gasteiger partial charge in [-0.15, -0.1) is 13.2 Å². The van der Waals surface area contributed by atoms with Crippen molar-refractivity contribution >= 4 is 101 Å². The Balaban J connectivity index is 0.000000185. The van der Waals surface area contributed by atoms with E-state index in [1.807, 2.05) is 90.1 Å². The lowest BCUT2D eigenvalue weighted by atomic mass is 9.85. The summed E-state index contributed by atoms with van der Waals surface area (Å²) in [5.41, 5.74) is 4.38. The number of hydrogen-bond acceptors (Lipinski definition) is 15. The Morgan fingerprint density at radius 3 is 1.36 bits per heavy atom. The third-order valence-electron chi connectivity index (χ3n) is 20.2. The van der Waals surface area contributed by atoms with Crippen LogP contribution < -0.4 is 41.8 Å². The van der Waals surface area contributed by atoms with Gasteiger partial charge in [0.25, 0.3) is 17.7 Å². The number of carbonyl (C=O) groups is 10. The molecule has 4 unspecified atom stereocenters. The fourth-order valence-corrected chi connectivity index (χ4v) is 16.1. The van der Waals surface area contributed by atoms with Gasteiger partial charge in [-0.25, -0.2) is 21.6 Å². The Kier molecular flexibility index (Phi) is 20.7. The third-order valence-corrected chi connectivity index (χ3v) is 23.8. The van der Waals surface area contributed by atoms with Gasteiger partial charge in [0.05, 0.1) is 10.5 Å². The van der Waals surface area contributed by atoms with Crippen molar-refractivity contribution in [1.29, 1.82) is 0 Å². The lowest BCUT2D eigenvalue weighted by Gasteiger charge is -2.35. The Labute approximate surface area is 577 Å². The van der Waals surface area contributed by atoms with Crippen LogP contribution in [0, 0.1) is 34.5 Å². The minimum Gasteiger partial charge on any atom is -0.477 e. The van der Waals surface area contributed by atoms with Crippen LogP contribution in [-0.2, 0) is 72.5 Å². The number of aromatic nitrogens is 2. The fraction of sp³-hybridized carbons (Fsp3) is 0.571. The highest BCUT2D eigenvalue weighted by molar-refractivity contribution is 7.91. The standard InChI is InChI=1S/C35H46N6O7S.C25H39N5O6S.C10H9NO2/c1-6-22-18-35(22,33(46)39-49(47,48)24-13-14-24)38-31(44)27-17-23(36-30(43)26-16-21-9-7-8-10-25(21)40(26)5)19-41(27)32(45)29(34(2,3)4)37-28(42)15-20-11-12-20;1-5-15-12-25(15,23(34)29-37(35,36)17-8-9-17)28-21(32)18-11-16(26)13-30(18)22(33)20(24(2,3)4)27-19(31)10-14-6-7-14;1-11-8-5-3-2-4-7(8)6-9(11)10(12)13/h6-10,16,20,22-24,27,29H,1,11-15,17-19H2,2-5H3,(H,36,43)(H,37,42)(H,38,44)(H,39,46);5,14-18,20H,1,6-13,26H2,2-4H3,(H,27,31)(H,28,32)(H,29,34);2-6H,1H3,(H,12,13)/t22?,23-,27+,29-,35?;15?,16-,18+,20-,25?;/m11./s1. The summed E-state index contributed by atoms with van der Waals surface area (Å²) in [6, 6.07) is 13.6. The van der Waals surface area contributed by atoms with Gasteiger partial charge in [-0.05, 0) is 124 Å². The highest BCUT2D eigenvalue weighted by atomic mass is 32.2. The van der Waals surface area contributed by atoms with Crippen LogP contribution in [0.5, 0.6) is 0 Å². The molecule has 4 heterocycles. The van der Waals surface area contributed by atoms with Crippen LogP contribution in [0.3, 0.4) is 0 Å². The van der Waals surface area contributed by atoms with E-state index in [9.17, 15) is 64.8 Å². The van der Waals surface area contributed by atoms with Gasteiger partial charge < -0.3 is 56.4 Å². The van der Waals surface area contributed by atoms with Gasteiger partial charge in [-0.2, -0.15) is 0 Å². The molecule has 99 heavy (non-hydrogen) atoms. The van der Waals surface area contributed by atoms with Crippen LogP contribution in [-0.4, -0.2) is 171 Å². The van der Waals surface area contributed by atoms with E-state index in [-0.39, 0.29) is 56.5 Å². The molecule has 6 saturated carbocycles. The molecule has 2 saturated heterocycles. The van der Waals surface area contributed by atoms with Gasteiger partial charge in [0, 0.05) is 85.8 Å². The van der Waals surface area contributed by atoms with Crippen molar-refractivity contribution in [3.8, 4) is 0 Å². The average Bonchev–Trinajstić information content (AvgIpc) is 1.58. The quantitative estimate of drug-likeness (QED) is 0.0478. The topological polar surface area (TPSA) is 386 Å². The van der Waals surface area contributed by atoms with Crippen LogP contribution in [0.25, 0.3) is 21.8 Å². The van der Waals surface area contributed by atoms with Gasteiger partial charge in [0.2, 0.25) is 55.5 Å². The molecule has 9 amide bonds. The molecular weight excluding hydrogens is 1310 g/mol. The number of likely N-dealkylation sites (tertiary alicyclic amines) is 2. The number of aromatic carboxylic acids is 1. The number of fused-ring (bicyclic) bond motifs is 2. The molecule has 8 aliphatic rings. The molecule has 10 N–H and O–H groups in total. The largest absolute Gasteiger partial charge is 0.477 e. The minimum atomic E-state index is -3.89. The number of rotatable bonds is 23. The van der Waals surface area contributed by atoms with Gasteiger partial charge >= 0.3 is 5.97 Å². The minimum absolute atomic E-state index is 0.0161. The molecule has 0 radical (unpaired) electrons. The molecule has 6 aliphatic carbocycles. The number of carboxylic acids is 1. The van der Waals surface area contributed by atoms with E-state index in [0.717, 1.165) is 47.5 Å². The fourth-order valence-electron chi connectivity index (χ4n) is 13.3. The van der Waals surface area contributed by atoms with Gasteiger partial charge in [-0.3, -0.25) is 52.6 Å². The summed E-state index contributed by atoms with van der Waals surface area (Å²) in [6.45, 7) is 18.6. The molecule has 0 bridgehead atoms. The molecule has 29 heteroatoms. The Hall–Kier alpha value is -8.44. The first kappa shape index (κ1) is 73.3. The van der Waals surface area contributed by atoms with Crippen molar-refractivity contribution in [3.05, 3.63) is 97.4 Å². The summed E-state index contributed by atoms with van der Waals surface area (Å²) in [5.74, 6) is -5.75. The number of benzene rings is 2. The maximum atomic E-state index is 14.4. The molecule has 0 spiro atoms. The number of para-hydroxylation sites is 2. The van der Waals surface area contributed by atoms with E-state index in [2.05, 4.69) is 49.2 Å². The molecule has 27 nitrogen and oxygen atoms in total. The van der Waals surface area contributed by atoms with Crippen LogP contribution in [0.4, 0.5) is 0 Å². The van der Waals surface area contributed by atoms with E-state index in [0.29, 0.717) is 61.7 Å². The molecule has 2 aliphatic heterocycles. The molecule has 2 aromatic carbocycles. The highest BCUT2D eigenvalue weighted by Gasteiger charge is 2.63. The monoisotopic (exact) mass is 1410 g/mol. The normalized spacial score (nSPS) is 25.4. The number of amides is 9. The molecule has 12 rings (SSSR count). The molecular formula is C70H94N12O15S2. The zero-order chi connectivity index (χ0) is 72.2. The molecule has 536 valence electrons. The predicted octanol–water partition coefficient (Wildman–Crippen LogP) is 3.67. The first-order chi connectivity index (χ1) is 46.4. The van der Waals surface area contributed by atoms with Crippen LogP contribution >= 0.6 is 0 Å². The molecule has 8 fully saturated rings. The third kappa shape index (κ3) is 16.6. The van der Waals surface area contributed by atoms with Crippen molar-refractivity contribution in [1.82, 2.24) is 55.0 Å². The maximum Gasteiger partial charge on any atom is 0.352 e. The predicted molar refractivity (Wildman–Crippen MR) is 368 cm³/mol. The number of hydrogen-bond donors (Lipinski definition) is 9. The van der Waals surface area contributed by atoms with E-state index in [1.165, 1.54) is 22.0 Å². The van der Waals surface area contributed by atoms with Gasteiger partial charge in [0.15, 0.2) is 0 Å². The summed E-state index contributed by atoms with van der Waals surface area (Å²) >= 11 is 0. The van der Waals surface area contributed by atoms with Crippen molar-refractivity contribution in [3.63, 3.8) is 0 Å². The van der Waals surface area contributed by atoms with Crippen LogP contribution in [0.2, 0.25) is 0 Å². The summed E-state index contributed by atoms with van der Waals surface area (Å²) in [4.78, 5) is 135. The second-order valence-electron chi connectivity index (χ2n) is 30.4. The number of carbonyl (C=O) groups excluding carboxylic acids is 9. The van der Waals surface area contributed by atoms with E-state index >= 15 is 0 Å². The summed E-state index contributed by atoms with van der Waals surface area (Å²) < 4.78 is 57.7. The summed E-state index contributed by atoms with van der Waals surface area (Å²) in [7, 11) is -4.14. The smallest absolute Gasteiger partial charge is 0.352 e. The Morgan fingerprint density at radius 2 is 0.990 bits per heavy atom. The average molecular weight is 1410 g/mol. The zero-order valence-corrected chi connectivity index (χ0v) is 59.1. The molecule has 10 atom stereocenters. The first-order valence-electron chi connectivity index (χ1n) is 34.0. The summed E-state index contributed by atoms with van der Waals surface area (Å²) in [6.07, 6.45) is 10.1. The van der Waals surface area contributed by atoms with Crippen molar-refractivity contribution in [2.45, 2.75) is 189 Å². The Morgan fingerprint density at radius 1 is 0.596 bits per heavy atom. The zero-order valence-electron chi connectivity index (χ0n) is 57.4. The SMILES string of the molecule is C=CC1CC1(NC(=O)[C@@H]1C[C@@H](N)CN1C(=O)[C@@H](NC(=O)CC1CC1)C(C)(C)C)C(=O)NS(=O)(=O)C1CC1.C=CC1CC1(NC(=O)[C@@H]1C[C@@H](NC(=O)c2cc3ccccc3n2C)CN1C(=O)[C@@H](NC(=O)CC1CC1)C(C)(C)C)C(=O)NS(=O)(=O)C1CC1.Cn1c(C(=O)O)cc2ccccc21. The van der Waals surface area contributed by atoms with Gasteiger partial charge in [-0.1, -0.05) is 90.1 Å². The van der Waals surface area contributed by atoms with E-state index in [1.54, 1.807) is 35.4 Å². The van der Waals surface area contributed by atoms with Gasteiger partial charge in [0.1, 0.15) is 46.6 Å². The lowest BCUT2D eigenvalue weighted by Crippen LogP contribution is -2.60. The number of sulfonamides is 2. The molecule has 4 aromatic rings. The number of nitrogens with one attached hydrogen (secondary N) is 7. The lowest BCUT2D eigenvalue weighted by molar-refractivity contribution is -0.144. The maximum absolute atomic E-state index is 14.4. The van der Waals surface area contributed by atoms with Crippen LogP contribution in [0.15, 0.2) is 86.0 Å². The Bertz CT molecular complexity index is 4160. The second kappa shape index (κ2) is 27.9. The second-order valence-corrected chi connectivity index (χ2v) is 34.3. The van der Waals surface area contributed by atoms with E-state index in [4.69, 9.17) is 10.8 Å².